The molecule has 0 unspecified atom stereocenters. The number of anilines is 1. The van der Waals surface area contributed by atoms with E-state index in [0.29, 0.717) is 6.07 Å². The zero-order valence-corrected chi connectivity index (χ0v) is 15.3. The maximum absolute atomic E-state index is 13.7. The molecule has 26 heavy (non-hydrogen) atoms. The number of carbonyl (C=O) groups is 2. The van der Waals surface area contributed by atoms with Crippen molar-refractivity contribution in [1.82, 2.24) is 0 Å². The van der Waals surface area contributed by atoms with Crippen LogP contribution >= 0.6 is 0 Å². The standard InChI is InChI=1S/C16H20F2N2O6/c1-15(2,3)25-13(21)19(14(22)26-16(4,5)6)11-7-9(17)10(18)8-12(11)20(23)24/h7-8H,1-6H3. The summed E-state index contributed by atoms with van der Waals surface area (Å²) in [6.45, 7) is 8.99. The highest BCUT2D eigenvalue weighted by Gasteiger charge is 2.37. The first kappa shape index (κ1) is 21.3. The van der Waals surface area contributed by atoms with Gasteiger partial charge in [-0.2, -0.15) is 4.90 Å². The number of hydrogen-bond acceptors (Lipinski definition) is 6. The summed E-state index contributed by atoms with van der Waals surface area (Å²) in [5, 5.41) is 11.2. The normalized spacial score (nSPS) is 11.7. The van der Waals surface area contributed by atoms with Gasteiger partial charge in [0.25, 0.3) is 5.69 Å². The second-order valence-corrected chi connectivity index (χ2v) is 7.31. The van der Waals surface area contributed by atoms with Gasteiger partial charge in [0.2, 0.25) is 0 Å². The quantitative estimate of drug-likeness (QED) is 0.556. The van der Waals surface area contributed by atoms with Crippen LogP contribution in [0.1, 0.15) is 41.5 Å². The van der Waals surface area contributed by atoms with E-state index in [1.165, 1.54) is 41.5 Å². The van der Waals surface area contributed by atoms with Crippen molar-refractivity contribution in [3.63, 3.8) is 0 Å². The minimum atomic E-state index is -1.51. The fourth-order valence-corrected chi connectivity index (χ4v) is 1.74. The third-order valence-corrected chi connectivity index (χ3v) is 2.61. The van der Waals surface area contributed by atoms with Crippen LogP contribution in [0.2, 0.25) is 0 Å². The summed E-state index contributed by atoms with van der Waals surface area (Å²) in [4.78, 5) is 35.1. The molecule has 0 aliphatic heterocycles. The smallest absolute Gasteiger partial charge is 0.424 e. The van der Waals surface area contributed by atoms with Gasteiger partial charge in [0.15, 0.2) is 11.6 Å². The molecule has 0 aliphatic carbocycles. The molecule has 0 N–H and O–H groups in total. The lowest BCUT2D eigenvalue weighted by atomic mass is 10.2. The van der Waals surface area contributed by atoms with Gasteiger partial charge in [-0.3, -0.25) is 10.1 Å². The van der Waals surface area contributed by atoms with Crippen LogP contribution in [0, 0.1) is 21.7 Å². The molecule has 1 aromatic carbocycles. The van der Waals surface area contributed by atoms with E-state index in [9.17, 15) is 28.5 Å². The number of amides is 2. The van der Waals surface area contributed by atoms with Crippen LogP contribution in [0.25, 0.3) is 0 Å². The molecule has 0 heterocycles. The summed E-state index contributed by atoms with van der Waals surface area (Å²) < 4.78 is 37.1. The van der Waals surface area contributed by atoms with E-state index in [4.69, 9.17) is 9.47 Å². The zero-order valence-electron chi connectivity index (χ0n) is 15.3. The molecule has 0 saturated carbocycles. The lowest BCUT2D eigenvalue weighted by molar-refractivity contribution is -0.384. The van der Waals surface area contributed by atoms with Crippen LogP contribution in [0.15, 0.2) is 12.1 Å². The van der Waals surface area contributed by atoms with Crippen molar-refractivity contribution in [3.8, 4) is 0 Å². The van der Waals surface area contributed by atoms with Crippen LogP contribution in [0.3, 0.4) is 0 Å². The number of benzene rings is 1. The number of hydrogen-bond donors (Lipinski definition) is 0. The predicted octanol–water partition coefficient (Wildman–Crippen LogP) is 4.55. The summed E-state index contributed by atoms with van der Waals surface area (Å²) >= 11 is 0. The van der Waals surface area contributed by atoms with Crippen LogP contribution in [0.5, 0.6) is 0 Å². The number of ether oxygens (including phenoxy) is 2. The fraction of sp³-hybridized carbons (Fsp3) is 0.500. The highest BCUT2D eigenvalue weighted by atomic mass is 19.2. The van der Waals surface area contributed by atoms with Crippen LogP contribution in [0.4, 0.5) is 29.7 Å². The maximum Gasteiger partial charge on any atom is 0.424 e. The van der Waals surface area contributed by atoms with Gasteiger partial charge in [-0.15, -0.1) is 0 Å². The molecule has 0 fully saturated rings. The minimum Gasteiger partial charge on any atom is -0.443 e. The Morgan fingerprint density at radius 3 is 1.69 bits per heavy atom. The van der Waals surface area contributed by atoms with Crippen LogP contribution in [-0.4, -0.2) is 28.3 Å². The molecular formula is C16H20F2N2O6. The molecule has 2 amide bonds. The van der Waals surface area contributed by atoms with E-state index >= 15 is 0 Å². The number of nitrogens with zero attached hydrogens (tertiary/aromatic N) is 2. The van der Waals surface area contributed by atoms with Crippen LogP contribution in [-0.2, 0) is 9.47 Å². The molecule has 0 spiro atoms. The predicted molar refractivity (Wildman–Crippen MR) is 88.0 cm³/mol. The minimum absolute atomic E-state index is 0.164. The molecule has 10 heteroatoms. The Balaban J connectivity index is 3.55. The van der Waals surface area contributed by atoms with Crippen molar-refractivity contribution in [1.29, 1.82) is 0 Å². The van der Waals surface area contributed by atoms with E-state index in [-0.39, 0.29) is 11.0 Å². The Morgan fingerprint density at radius 1 is 0.962 bits per heavy atom. The van der Waals surface area contributed by atoms with Gasteiger partial charge in [0.1, 0.15) is 16.9 Å². The Hall–Kier alpha value is -2.78. The lowest BCUT2D eigenvalue weighted by Gasteiger charge is -2.28. The van der Waals surface area contributed by atoms with E-state index in [1.54, 1.807) is 0 Å². The highest BCUT2D eigenvalue weighted by molar-refractivity contribution is 6.11. The van der Waals surface area contributed by atoms with E-state index in [2.05, 4.69) is 0 Å². The number of halogens is 2. The molecular weight excluding hydrogens is 354 g/mol. The second kappa shape index (κ2) is 7.22. The molecule has 0 aliphatic rings. The molecule has 144 valence electrons. The SMILES string of the molecule is CC(C)(C)OC(=O)N(C(=O)OC(C)(C)C)c1cc(F)c(F)cc1[N+](=O)[O-]. The van der Waals surface area contributed by atoms with E-state index < -0.39 is 51.3 Å². The fourth-order valence-electron chi connectivity index (χ4n) is 1.74. The average Bonchev–Trinajstić information content (AvgIpc) is 2.38. The zero-order chi connectivity index (χ0) is 20.4. The molecule has 0 atom stereocenters. The lowest BCUT2D eigenvalue weighted by Crippen LogP contribution is -2.44. The van der Waals surface area contributed by atoms with Gasteiger partial charge in [0.05, 0.1) is 11.0 Å². The van der Waals surface area contributed by atoms with Gasteiger partial charge in [-0.25, -0.2) is 18.4 Å². The number of imide groups is 1. The Labute approximate surface area is 148 Å². The first-order valence-corrected chi connectivity index (χ1v) is 7.52. The van der Waals surface area contributed by atoms with Gasteiger partial charge in [0, 0.05) is 6.07 Å². The van der Waals surface area contributed by atoms with Gasteiger partial charge < -0.3 is 9.47 Å². The number of carbonyl (C=O) groups excluding carboxylic acids is 2. The highest BCUT2D eigenvalue weighted by Crippen LogP contribution is 2.33. The maximum atomic E-state index is 13.7. The molecule has 0 saturated heterocycles. The Bertz CT molecular complexity index is 709. The average molecular weight is 374 g/mol. The summed E-state index contributed by atoms with van der Waals surface area (Å²) in [5.74, 6) is -2.99. The number of nitro benzene ring substituents is 1. The topological polar surface area (TPSA) is 99.0 Å². The Kier molecular flexibility index (Phi) is 5.91. The number of rotatable bonds is 2. The number of nitro groups is 1. The summed E-state index contributed by atoms with van der Waals surface area (Å²) in [6, 6.07) is 0.633. The third kappa shape index (κ3) is 5.64. The van der Waals surface area contributed by atoms with Crippen molar-refractivity contribution < 1.29 is 32.8 Å². The van der Waals surface area contributed by atoms with Crippen molar-refractivity contribution in [2.75, 3.05) is 4.90 Å². The molecule has 0 bridgehead atoms. The van der Waals surface area contributed by atoms with Crippen molar-refractivity contribution >= 4 is 23.6 Å². The summed E-state index contributed by atoms with van der Waals surface area (Å²) in [5.41, 5.74) is -3.94. The first-order chi connectivity index (χ1) is 11.6. The molecule has 0 aromatic heterocycles. The molecule has 1 aromatic rings. The Morgan fingerprint density at radius 2 is 1.35 bits per heavy atom. The third-order valence-electron chi connectivity index (χ3n) is 2.61. The molecule has 0 radical (unpaired) electrons. The van der Waals surface area contributed by atoms with Gasteiger partial charge in [-0.1, -0.05) is 0 Å². The largest absolute Gasteiger partial charge is 0.443 e. The van der Waals surface area contributed by atoms with Crippen LogP contribution < -0.4 is 4.90 Å². The molecule has 8 nitrogen and oxygen atoms in total. The van der Waals surface area contributed by atoms with Crippen molar-refractivity contribution in [2.45, 2.75) is 52.7 Å². The van der Waals surface area contributed by atoms with Gasteiger partial charge >= 0.3 is 12.2 Å². The molecule has 1 rings (SSSR count). The second-order valence-electron chi connectivity index (χ2n) is 7.31. The monoisotopic (exact) mass is 374 g/mol. The van der Waals surface area contributed by atoms with Crippen molar-refractivity contribution in [2.24, 2.45) is 0 Å². The summed E-state index contributed by atoms with van der Waals surface area (Å²) in [7, 11) is 0. The summed E-state index contributed by atoms with van der Waals surface area (Å²) in [6.07, 6.45) is -2.67. The first-order valence-electron chi connectivity index (χ1n) is 7.52. The van der Waals surface area contributed by atoms with E-state index in [0.717, 1.165) is 0 Å². The van der Waals surface area contributed by atoms with Gasteiger partial charge in [-0.05, 0) is 41.5 Å². The van der Waals surface area contributed by atoms with Crippen molar-refractivity contribution in [3.05, 3.63) is 33.9 Å². The van der Waals surface area contributed by atoms with E-state index in [1.807, 2.05) is 0 Å².